The summed E-state index contributed by atoms with van der Waals surface area (Å²) >= 11 is 3.79. The predicted molar refractivity (Wildman–Crippen MR) is 271 cm³/mol. The van der Waals surface area contributed by atoms with Gasteiger partial charge < -0.3 is 26.6 Å². The molecule has 8 nitrogen and oxygen atoms in total. The van der Waals surface area contributed by atoms with Gasteiger partial charge in [-0.3, -0.25) is 0 Å². The average molecular weight is 974 g/mol. The molecule has 2 aromatic carbocycles. The summed E-state index contributed by atoms with van der Waals surface area (Å²) < 4.78 is 36.0. The highest BCUT2D eigenvalue weighted by Crippen LogP contribution is 2.47. The fraction of sp³-hybridized carbons (Fsp3) is 0.682. The molecule has 60 heavy (non-hydrogen) atoms. The molecule has 2 heterocycles. The van der Waals surface area contributed by atoms with E-state index in [-0.39, 0.29) is 0 Å². The summed E-state index contributed by atoms with van der Waals surface area (Å²) in [5.41, 5.74) is 2.29. The van der Waals surface area contributed by atoms with Gasteiger partial charge in [-0.2, -0.15) is 0 Å². The molecule has 4 rings (SSSR count). The summed E-state index contributed by atoms with van der Waals surface area (Å²) in [6.45, 7) is 0. The third-order valence-corrected chi connectivity index (χ3v) is 26.1. The Balaban J connectivity index is 1.15. The Morgan fingerprint density at radius 2 is 0.767 bits per heavy atom. The molecule has 2 atom stereocenters. The van der Waals surface area contributed by atoms with Gasteiger partial charge in [0.15, 0.2) is 0 Å². The highest BCUT2D eigenvalue weighted by atomic mass is 33.7. The number of unbranched alkanes of at least 4 members (excludes halogenated alkanes) is 14. The summed E-state index contributed by atoms with van der Waals surface area (Å²) in [5.74, 6) is 3.20. The van der Waals surface area contributed by atoms with E-state index in [1.165, 1.54) is 122 Å². The van der Waals surface area contributed by atoms with E-state index in [4.69, 9.17) is 36.5 Å². The van der Waals surface area contributed by atoms with Crippen LogP contribution in [-0.2, 0) is 26.6 Å². The van der Waals surface area contributed by atoms with Gasteiger partial charge in [0, 0.05) is 78.1 Å². The number of para-hydroxylation sites is 2. The van der Waals surface area contributed by atoms with Crippen LogP contribution in [0.2, 0.25) is 12.1 Å². The number of hydrogen-bond acceptors (Lipinski definition) is 14. The van der Waals surface area contributed by atoms with Crippen LogP contribution >= 0.6 is 63.9 Å². The molecule has 0 spiro atoms. The Bertz CT molecular complexity index is 1490. The van der Waals surface area contributed by atoms with Gasteiger partial charge in [-0.25, -0.2) is 9.97 Å². The van der Waals surface area contributed by atoms with Crippen LogP contribution in [0, 0.1) is 0 Å². The summed E-state index contributed by atoms with van der Waals surface area (Å²) in [7, 11) is 13.3. The largest absolute Gasteiger partial charge is 0.500 e. The molecule has 0 aliphatic carbocycles. The Labute approximate surface area is 387 Å². The average Bonchev–Trinajstić information content (AvgIpc) is 3.93. The second-order valence-corrected chi connectivity index (χ2v) is 29.9. The van der Waals surface area contributed by atoms with Crippen LogP contribution in [-0.4, -0.2) is 81.7 Å². The summed E-state index contributed by atoms with van der Waals surface area (Å²) in [6.07, 6.45) is 22.6. The highest BCUT2D eigenvalue weighted by molar-refractivity contribution is 9.26. The third kappa shape index (κ3) is 18.4. The van der Waals surface area contributed by atoms with E-state index in [2.05, 4.69) is 48.5 Å². The molecule has 0 aliphatic rings. The topological polar surface area (TPSA) is 81.2 Å². The monoisotopic (exact) mass is 972 g/mol. The van der Waals surface area contributed by atoms with Crippen molar-refractivity contribution in [2.45, 2.75) is 139 Å². The van der Waals surface area contributed by atoms with Gasteiger partial charge in [0.25, 0.3) is 0 Å². The van der Waals surface area contributed by atoms with Crippen LogP contribution in [0.3, 0.4) is 0 Å². The number of rotatable bonds is 37. The summed E-state index contributed by atoms with van der Waals surface area (Å²) in [6, 6.07) is 19.0. The zero-order chi connectivity index (χ0) is 42.7. The molecule has 16 heteroatoms. The van der Waals surface area contributed by atoms with Crippen molar-refractivity contribution in [1.29, 1.82) is 0 Å². The molecule has 2 aromatic heterocycles. The molecule has 0 saturated carbocycles. The first-order valence-electron chi connectivity index (χ1n) is 22.0. The summed E-state index contributed by atoms with van der Waals surface area (Å²) in [4.78, 5) is 10.2. The van der Waals surface area contributed by atoms with Gasteiger partial charge in [-0.1, -0.05) is 136 Å². The van der Waals surface area contributed by atoms with Crippen molar-refractivity contribution in [3.05, 3.63) is 58.5 Å². The van der Waals surface area contributed by atoms with E-state index >= 15 is 0 Å². The maximum absolute atomic E-state index is 5.57. The molecule has 0 aliphatic heterocycles. The minimum Gasteiger partial charge on any atom is -0.377 e. The Kier molecular flexibility index (Phi) is 27.0. The van der Waals surface area contributed by atoms with Crippen molar-refractivity contribution < 1.29 is 26.6 Å². The fourth-order valence-corrected chi connectivity index (χ4v) is 20.2. The van der Waals surface area contributed by atoms with Crippen LogP contribution in [0.15, 0.2) is 48.5 Å². The van der Waals surface area contributed by atoms with Crippen LogP contribution in [0.25, 0.3) is 20.4 Å². The molecule has 0 fully saturated rings. The summed E-state index contributed by atoms with van der Waals surface area (Å²) in [5, 5.41) is 2.62. The van der Waals surface area contributed by atoms with Crippen LogP contribution < -0.4 is 0 Å². The number of fused-ring (bicyclic) bond motifs is 2. The lowest BCUT2D eigenvalue weighted by Gasteiger charge is -2.24. The molecule has 0 N–H and O–H groups in total. The maximum atomic E-state index is 5.57. The van der Waals surface area contributed by atoms with E-state index < -0.39 is 17.6 Å². The first kappa shape index (κ1) is 52.4. The van der Waals surface area contributed by atoms with Crippen molar-refractivity contribution >= 4 is 102 Å². The SMILES string of the molecule is CO[Si](CCCCCCCCCCC(CSSSSCC(CCCCCCCCCC[Si](OC)(OC)OC)c1nc2ccccc2s1)c1nc2ccccc2s1)(OC)OC. The fourth-order valence-electron chi connectivity index (χ4n) is 7.64. The zero-order valence-corrected chi connectivity index (χ0v) is 44.0. The lowest BCUT2D eigenvalue weighted by atomic mass is 10.0. The number of nitrogens with zero attached hydrogens (tertiary/aromatic N) is 2. The Hall–Kier alpha value is -0.186. The second kappa shape index (κ2) is 30.9. The standard InChI is InChI=1S/C44H72N2O6S6Si2/c1-47-59(48-2,49-3)33-25-17-13-9-7-11-15-19-27-37(43-45-39-29-21-23-31-41(39)55-43)35-53-57-58-54-36-38(44-46-40-30-22-24-32-42(40)56-44)28-20-16-12-8-10-14-18-26-34-60(50-4,51-5)52-6/h21-24,29-32,37-38H,7-20,25-28,33-36H2,1-6H3. The van der Waals surface area contributed by atoms with Gasteiger partial charge >= 0.3 is 17.6 Å². The number of benzene rings is 2. The predicted octanol–water partition coefficient (Wildman–Crippen LogP) is 15.2. The van der Waals surface area contributed by atoms with Crippen LogP contribution in [0.5, 0.6) is 0 Å². The number of thiazole rings is 2. The van der Waals surface area contributed by atoms with Crippen molar-refractivity contribution in [3.63, 3.8) is 0 Å². The zero-order valence-electron chi connectivity index (χ0n) is 37.1. The van der Waals surface area contributed by atoms with E-state index in [0.717, 1.165) is 47.5 Å². The van der Waals surface area contributed by atoms with E-state index in [1.54, 1.807) is 42.7 Å². The molecule has 338 valence electrons. The smallest absolute Gasteiger partial charge is 0.377 e. The molecule has 4 aromatic rings. The van der Waals surface area contributed by atoms with Crippen molar-refractivity contribution in [1.82, 2.24) is 9.97 Å². The van der Waals surface area contributed by atoms with Crippen LogP contribution in [0.1, 0.15) is 137 Å². The van der Waals surface area contributed by atoms with Gasteiger partial charge in [0.1, 0.15) is 0 Å². The van der Waals surface area contributed by atoms with E-state index in [0.29, 0.717) is 11.8 Å². The van der Waals surface area contributed by atoms with Gasteiger partial charge in [-0.05, 0) is 69.6 Å². The minimum atomic E-state index is -2.43. The van der Waals surface area contributed by atoms with Crippen LogP contribution in [0.4, 0.5) is 0 Å². The molecule has 0 radical (unpaired) electrons. The molecule has 0 bridgehead atoms. The van der Waals surface area contributed by atoms with E-state index in [9.17, 15) is 0 Å². The lowest BCUT2D eigenvalue weighted by molar-refractivity contribution is 0.122. The first-order chi connectivity index (χ1) is 29.4. The normalized spacial score (nSPS) is 13.5. The lowest BCUT2D eigenvalue weighted by Crippen LogP contribution is -2.42. The minimum absolute atomic E-state index is 0.496. The highest BCUT2D eigenvalue weighted by Gasteiger charge is 2.37. The van der Waals surface area contributed by atoms with Crippen molar-refractivity contribution in [3.8, 4) is 0 Å². The Morgan fingerprint density at radius 3 is 1.10 bits per heavy atom. The molecule has 2 unspecified atom stereocenters. The van der Waals surface area contributed by atoms with E-state index in [1.807, 2.05) is 63.9 Å². The van der Waals surface area contributed by atoms with Gasteiger partial charge in [0.05, 0.1) is 30.4 Å². The second-order valence-electron chi connectivity index (χ2n) is 15.5. The molecular weight excluding hydrogens is 901 g/mol. The van der Waals surface area contributed by atoms with Crippen molar-refractivity contribution in [2.24, 2.45) is 0 Å². The molecular formula is C44H72N2O6S6Si2. The number of hydrogen-bond donors (Lipinski definition) is 0. The van der Waals surface area contributed by atoms with Crippen molar-refractivity contribution in [2.75, 3.05) is 54.2 Å². The molecule has 0 saturated heterocycles. The Morgan fingerprint density at radius 1 is 0.450 bits per heavy atom. The van der Waals surface area contributed by atoms with Gasteiger partial charge in [-0.15, -0.1) is 22.7 Å². The third-order valence-electron chi connectivity index (χ3n) is 11.4. The quantitative estimate of drug-likeness (QED) is 0.0245. The molecule has 0 amide bonds. The first-order valence-corrected chi connectivity index (χ1v) is 32.7. The van der Waals surface area contributed by atoms with Gasteiger partial charge in [0.2, 0.25) is 0 Å². The maximum Gasteiger partial charge on any atom is 0.500 e. The number of aromatic nitrogens is 2.